The third kappa shape index (κ3) is 1.80. The minimum absolute atomic E-state index is 0.225. The molecular formula is C13H8N2O. The average molecular weight is 208 g/mol. The van der Waals surface area contributed by atoms with Gasteiger partial charge in [0.2, 0.25) is 0 Å². The number of hydrogen-bond acceptors (Lipinski definition) is 2. The van der Waals surface area contributed by atoms with Crippen LogP contribution in [0.5, 0.6) is 0 Å². The number of fused-ring (bicyclic) bond motifs is 1. The van der Waals surface area contributed by atoms with Gasteiger partial charge < -0.3 is 4.98 Å². The minimum atomic E-state index is 0.225. The lowest BCUT2D eigenvalue weighted by molar-refractivity contribution is 0.112. The monoisotopic (exact) mass is 208 g/mol. The Morgan fingerprint density at radius 1 is 1.44 bits per heavy atom. The highest BCUT2D eigenvalue weighted by Gasteiger charge is 2.01. The van der Waals surface area contributed by atoms with Crippen LogP contribution >= 0.6 is 0 Å². The second kappa shape index (κ2) is 4.33. The van der Waals surface area contributed by atoms with E-state index >= 15 is 0 Å². The predicted octanol–water partition coefficient (Wildman–Crippen LogP) is 2.25. The molecule has 0 radical (unpaired) electrons. The van der Waals surface area contributed by atoms with Crippen LogP contribution in [0.25, 0.3) is 10.9 Å². The number of H-pyrrole nitrogens is 1. The van der Waals surface area contributed by atoms with Crippen LogP contribution in [0.1, 0.15) is 22.3 Å². The lowest BCUT2D eigenvalue weighted by Crippen LogP contribution is -1.77. The van der Waals surface area contributed by atoms with Gasteiger partial charge in [-0.05, 0) is 12.1 Å². The number of nitrogens with one attached hydrogen (secondary N) is 1. The Balaban J connectivity index is 2.43. The molecule has 0 atom stereocenters. The van der Waals surface area contributed by atoms with Gasteiger partial charge in [-0.15, -0.1) is 0 Å². The van der Waals surface area contributed by atoms with Crippen molar-refractivity contribution in [1.82, 2.24) is 4.98 Å². The SMILES string of the molecule is N#CCC#Cc1ccc2c(C=O)c[nH]c2c1. The number of nitrogens with zero attached hydrogens (tertiary/aromatic N) is 1. The molecule has 2 rings (SSSR count). The number of nitriles is 1. The maximum Gasteiger partial charge on any atom is 0.152 e. The molecule has 0 aliphatic rings. The van der Waals surface area contributed by atoms with Crippen LogP contribution in [0.2, 0.25) is 0 Å². The molecule has 0 amide bonds. The molecule has 1 N–H and O–H groups in total. The smallest absolute Gasteiger partial charge is 0.152 e. The summed E-state index contributed by atoms with van der Waals surface area (Å²) in [5.41, 5.74) is 2.36. The fourth-order valence-corrected chi connectivity index (χ4v) is 1.51. The molecule has 0 unspecified atom stereocenters. The number of benzene rings is 1. The highest BCUT2D eigenvalue weighted by Crippen LogP contribution is 2.17. The number of rotatable bonds is 1. The Kier molecular flexibility index (Phi) is 2.71. The Morgan fingerprint density at radius 3 is 3.06 bits per heavy atom. The first-order chi connectivity index (χ1) is 7.85. The summed E-state index contributed by atoms with van der Waals surface area (Å²) in [7, 11) is 0. The first-order valence-corrected chi connectivity index (χ1v) is 4.77. The summed E-state index contributed by atoms with van der Waals surface area (Å²) in [5.74, 6) is 5.63. The largest absolute Gasteiger partial charge is 0.360 e. The summed E-state index contributed by atoms with van der Waals surface area (Å²) in [4.78, 5) is 13.7. The van der Waals surface area contributed by atoms with E-state index in [1.165, 1.54) is 0 Å². The van der Waals surface area contributed by atoms with E-state index in [-0.39, 0.29) is 6.42 Å². The first-order valence-electron chi connectivity index (χ1n) is 4.77. The highest BCUT2D eigenvalue weighted by molar-refractivity contribution is 5.97. The van der Waals surface area contributed by atoms with Gasteiger partial charge in [-0.1, -0.05) is 17.9 Å². The van der Waals surface area contributed by atoms with Crippen LogP contribution in [-0.2, 0) is 0 Å². The lowest BCUT2D eigenvalue weighted by Gasteiger charge is -1.92. The Labute approximate surface area is 92.7 Å². The molecule has 0 bridgehead atoms. The third-order valence-electron chi connectivity index (χ3n) is 2.24. The summed E-state index contributed by atoms with van der Waals surface area (Å²) in [6.07, 6.45) is 2.71. The Hall–Kier alpha value is -2.52. The molecule has 76 valence electrons. The van der Waals surface area contributed by atoms with Crippen LogP contribution in [0.15, 0.2) is 24.4 Å². The number of aromatic amines is 1. The fourth-order valence-electron chi connectivity index (χ4n) is 1.51. The van der Waals surface area contributed by atoms with Gasteiger partial charge in [0.25, 0.3) is 0 Å². The van der Waals surface area contributed by atoms with Gasteiger partial charge in [0, 0.05) is 28.2 Å². The molecule has 0 fully saturated rings. The van der Waals surface area contributed by atoms with E-state index in [2.05, 4.69) is 16.8 Å². The van der Waals surface area contributed by atoms with Crippen molar-refractivity contribution in [2.75, 3.05) is 0 Å². The fraction of sp³-hybridized carbons (Fsp3) is 0.0769. The summed E-state index contributed by atoms with van der Waals surface area (Å²) in [5, 5.41) is 9.24. The van der Waals surface area contributed by atoms with Crippen LogP contribution in [0.3, 0.4) is 0 Å². The molecule has 0 saturated heterocycles. The van der Waals surface area contributed by atoms with Gasteiger partial charge in [0.1, 0.15) is 0 Å². The van der Waals surface area contributed by atoms with Crippen LogP contribution < -0.4 is 0 Å². The van der Waals surface area contributed by atoms with Crippen molar-refractivity contribution in [3.05, 3.63) is 35.5 Å². The molecule has 0 aliphatic carbocycles. The summed E-state index contributed by atoms with van der Waals surface area (Å²) >= 11 is 0. The van der Waals surface area contributed by atoms with Crippen molar-refractivity contribution in [3.63, 3.8) is 0 Å². The molecule has 16 heavy (non-hydrogen) atoms. The number of aromatic nitrogens is 1. The zero-order valence-electron chi connectivity index (χ0n) is 8.45. The predicted molar refractivity (Wildman–Crippen MR) is 60.8 cm³/mol. The normalized spacial score (nSPS) is 9.19. The highest BCUT2D eigenvalue weighted by atomic mass is 16.1. The third-order valence-corrected chi connectivity index (χ3v) is 2.24. The topological polar surface area (TPSA) is 56.6 Å². The minimum Gasteiger partial charge on any atom is -0.360 e. The van der Waals surface area contributed by atoms with Crippen LogP contribution in [-0.4, -0.2) is 11.3 Å². The van der Waals surface area contributed by atoms with Crippen molar-refractivity contribution >= 4 is 17.2 Å². The first kappa shape index (κ1) is 10.0. The van der Waals surface area contributed by atoms with Crippen molar-refractivity contribution in [2.45, 2.75) is 6.42 Å². The van der Waals surface area contributed by atoms with Gasteiger partial charge in [0.15, 0.2) is 6.29 Å². The van der Waals surface area contributed by atoms with Gasteiger partial charge in [-0.25, -0.2) is 0 Å². The van der Waals surface area contributed by atoms with E-state index in [1.54, 1.807) is 6.20 Å². The molecule has 0 aliphatic heterocycles. The molecule has 3 nitrogen and oxygen atoms in total. The van der Waals surface area contributed by atoms with Crippen molar-refractivity contribution < 1.29 is 4.79 Å². The number of hydrogen-bond donors (Lipinski definition) is 1. The molecule has 0 saturated carbocycles. The van der Waals surface area contributed by atoms with E-state index in [1.807, 2.05) is 24.3 Å². The summed E-state index contributed by atoms with van der Waals surface area (Å²) < 4.78 is 0. The van der Waals surface area contributed by atoms with E-state index in [9.17, 15) is 4.79 Å². The molecule has 1 aromatic heterocycles. The van der Waals surface area contributed by atoms with E-state index < -0.39 is 0 Å². The number of aldehydes is 1. The molecule has 1 aromatic carbocycles. The van der Waals surface area contributed by atoms with Crippen molar-refractivity contribution in [3.8, 4) is 17.9 Å². The second-order valence-corrected chi connectivity index (χ2v) is 3.26. The zero-order chi connectivity index (χ0) is 11.4. The number of carbonyl (C=O) groups is 1. The van der Waals surface area contributed by atoms with Crippen molar-refractivity contribution in [1.29, 1.82) is 5.26 Å². The van der Waals surface area contributed by atoms with Crippen LogP contribution in [0, 0.1) is 23.2 Å². The summed E-state index contributed by atoms with van der Waals surface area (Å²) in [6, 6.07) is 7.52. The van der Waals surface area contributed by atoms with E-state index in [0.29, 0.717) is 5.56 Å². The zero-order valence-corrected chi connectivity index (χ0v) is 8.45. The second-order valence-electron chi connectivity index (χ2n) is 3.26. The Morgan fingerprint density at radius 2 is 2.31 bits per heavy atom. The van der Waals surface area contributed by atoms with E-state index in [4.69, 9.17) is 5.26 Å². The standard InChI is InChI=1S/C13H8N2O/c14-6-2-1-3-10-4-5-12-11(9-16)8-15-13(12)7-10/h4-5,7-9,15H,2H2. The lowest BCUT2D eigenvalue weighted by atomic mass is 10.1. The van der Waals surface area contributed by atoms with Crippen molar-refractivity contribution in [2.24, 2.45) is 0 Å². The van der Waals surface area contributed by atoms with E-state index in [0.717, 1.165) is 22.8 Å². The van der Waals surface area contributed by atoms with Gasteiger partial charge in [-0.3, -0.25) is 4.79 Å². The average Bonchev–Trinajstić information content (AvgIpc) is 2.71. The maximum atomic E-state index is 10.7. The quantitative estimate of drug-likeness (QED) is 0.577. The maximum absolute atomic E-state index is 10.7. The number of carbonyl (C=O) groups excluding carboxylic acids is 1. The molecule has 3 heteroatoms. The van der Waals surface area contributed by atoms with Crippen LogP contribution in [0.4, 0.5) is 0 Å². The van der Waals surface area contributed by atoms with Gasteiger partial charge >= 0.3 is 0 Å². The van der Waals surface area contributed by atoms with Gasteiger partial charge in [0.05, 0.1) is 12.5 Å². The molecule has 1 heterocycles. The molecule has 0 spiro atoms. The Bertz CT molecular complexity index is 635. The molecule has 2 aromatic rings. The summed E-state index contributed by atoms with van der Waals surface area (Å²) in [6.45, 7) is 0. The molecular weight excluding hydrogens is 200 g/mol. The van der Waals surface area contributed by atoms with Gasteiger partial charge in [-0.2, -0.15) is 5.26 Å².